The Labute approximate surface area is 123 Å². The highest BCUT2D eigenvalue weighted by Gasteiger charge is 2.55. The number of hydrogen-bond acceptors (Lipinski definition) is 2. The van der Waals surface area contributed by atoms with Crippen molar-refractivity contribution >= 4 is 23.4 Å². The number of carbonyl (C=O) groups excluding carboxylic acids is 2. The number of rotatable bonds is 3. The average molecular weight is 292 g/mol. The molecule has 1 saturated heterocycles. The molecule has 1 N–H and O–H groups in total. The van der Waals surface area contributed by atoms with Gasteiger partial charge >= 0.3 is 0 Å². The highest BCUT2D eigenvalue weighted by atomic mass is 35.5. The van der Waals surface area contributed by atoms with Gasteiger partial charge in [-0.25, -0.2) is 0 Å². The van der Waals surface area contributed by atoms with Crippen molar-refractivity contribution in [3.05, 3.63) is 34.9 Å². The van der Waals surface area contributed by atoms with E-state index in [1.165, 1.54) is 0 Å². The Morgan fingerprint density at radius 3 is 2.45 bits per heavy atom. The van der Waals surface area contributed by atoms with Crippen molar-refractivity contribution in [1.82, 2.24) is 5.32 Å². The van der Waals surface area contributed by atoms with Gasteiger partial charge in [-0.3, -0.25) is 14.9 Å². The monoisotopic (exact) mass is 291 g/mol. The van der Waals surface area contributed by atoms with E-state index in [9.17, 15) is 9.59 Å². The van der Waals surface area contributed by atoms with Crippen LogP contribution in [0.2, 0.25) is 5.02 Å². The number of halogens is 1. The summed E-state index contributed by atoms with van der Waals surface area (Å²) in [6, 6.07) is 7.45. The van der Waals surface area contributed by atoms with E-state index in [1.807, 2.05) is 24.3 Å². The van der Waals surface area contributed by atoms with Crippen molar-refractivity contribution in [3.8, 4) is 0 Å². The first kappa shape index (κ1) is 13.6. The molecule has 4 heteroatoms. The summed E-state index contributed by atoms with van der Waals surface area (Å²) in [7, 11) is 0. The maximum absolute atomic E-state index is 12.4. The van der Waals surface area contributed by atoms with Crippen molar-refractivity contribution in [1.29, 1.82) is 0 Å². The average Bonchev–Trinajstić information content (AvgIpc) is 3.24. The van der Waals surface area contributed by atoms with E-state index >= 15 is 0 Å². The first-order valence-electron chi connectivity index (χ1n) is 7.16. The van der Waals surface area contributed by atoms with Crippen LogP contribution in [0.15, 0.2) is 24.3 Å². The molecule has 1 heterocycles. The lowest BCUT2D eigenvalue weighted by atomic mass is 9.62. The lowest BCUT2D eigenvalue weighted by molar-refractivity contribution is -0.141. The van der Waals surface area contributed by atoms with Gasteiger partial charge in [-0.1, -0.05) is 30.7 Å². The summed E-state index contributed by atoms with van der Waals surface area (Å²) in [5.74, 6) is -0.0376. The minimum Gasteiger partial charge on any atom is -0.296 e. The summed E-state index contributed by atoms with van der Waals surface area (Å²) in [6.07, 6.45) is 3.55. The highest BCUT2D eigenvalue weighted by molar-refractivity contribution is 6.30. The molecule has 2 fully saturated rings. The molecule has 2 aliphatic rings. The predicted octanol–water partition coefficient (Wildman–Crippen LogP) is 3.28. The third-order valence-electron chi connectivity index (χ3n) is 4.84. The predicted molar refractivity (Wildman–Crippen MR) is 77.4 cm³/mol. The molecule has 0 aromatic heterocycles. The Morgan fingerprint density at radius 2 is 1.90 bits per heavy atom. The Balaban J connectivity index is 2.05. The Hall–Kier alpha value is -1.35. The molecule has 3 nitrogen and oxygen atoms in total. The standard InChI is InChI=1S/C16H18ClNO2/c1-2-16(11-5-6-11)9-13(19)18-15(20)14(16)10-3-7-12(17)8-4-10/h3-4,7-8,11,14H,2,5-6,9H2,1H3,(H,18,19,20). The quantitative estimate of drug-likeness (QED) is 0.869. The van der Waals surface area contributed by atoms with E-state index in [-0.39, 0.29) is 23.1 Å². The van der Waals surface area contributed by atoms with E-state index in [4.69, 9.17) is 11.6 Å². The summed E-state index contributed by atoms with van der Waals surface area (Å²) in [6.45, 7) is 2.09. The molecule has 0 bridgehead atoms. The molecular formula is C16H18ClNO2. The summed E-state index contributed by atoms with van der Waals surface area (Å²) >= 11 is 5.94. The summed E-state index contributed by atoms with van der Waals surface area (Å²) in [5.41, 5.74) is 0.751. The number of imide groups is 1. The van der Waals surface area contributed by atoms with E-state index in [0.717, 1.165) is 24.8 Å². The van der Waals surface area contributed by atoms with Crippen LogP contribution in [0.1, 0.15) is 44.1 Å². The van der Waals surface area contributed by atoms with Crippen molar-refractivity contribution in [2.45, 2.75) is 38.5 Å². The third-order valence-corrected chi connectivity index (χ3v) is 5.09. The molecule has 1 aliphatic carbocycles. The summed E-state index contributed by atoms with van der Waals surface area (Å²) in [5, 5.41) is 3.16. The van der Waals surface area contributed by atoms with Crippen LogP contribution in [0.25, 0.3) is 0 Å². The Bertz CT molecular complexity index is 550. The maximum Gasteiger partial charge on any atom is 0.234 e. The van der Waals surface area contributed by atoms with E-state index in [1.54, 1.807) is 0 Å². The Kier molecular flexibility index (Phi) is 3.33. The van der Waals surface area contributed by atoms with Gasteiger partial charge in [0.1, 0.15) is 0 Å². The molecule has 20 heavy (non-hydrogen) atoms. The topological polar surface area (TPSA) is 46.2 Å². The second kappa shape index (κ2) is 4.88. The van der Waals surface area contributed by atoms with Crippen molar-refractivity contribution < 1.29 is 9.59 Å². The zero-order valence-electron chi connectivity index (χ0n) is 11.5. The van der Waals surface area contributed by atoms with Gasteiger partial charge in [-0.15, -0.1) is 0 Å². The lowest BCUT2D eigenvalue weighted by Gasteiger charge is -2.43. The SMILES string of the molecule is CCC1(C2CC2)CC(=O)NC(=O)C1c1ccc(Cl)cc1. The van der Waals surface area contributed by atoms with E-state index in [2.05, 4.69) is 12.2 Å². The zero-order valence-corrected chi connectivity index (χ0v) is 12.2. The van der Waals surface area contributed by atoms with Crippen LogP contribution in [-0.2, 0) is 9.59 Å². The summed E-state index contributed by atoms with van der Waals surface area (Å²) in [4.78, 5) is 24.3. The summed E-state index contributed by atoms with van der Waals surface area (Å²) < 4.78 is 0. The Morgan fingerprint density at radius 1 is 1.25 bits per heavy atom. The molecule has 1 aromatic rings. The van der Waals surface area contributed by atoms with Crippen LogP contribution in [0.5, 0.6) is 0 Å². The third kappa shape index (κ3) is 2.14. The van der Waals surface area contributed by atoms with Gasteiger partial charge in [0.25, 0.3) is 0 Å². The number of nitrogens with one attached hydrogen (secondary N) is 1. The number of hydrogen-bond donors (Lipinski definition) is 1. The van der Waals surface area contributed by atoms with Gasteiger partial charge in [0.15, 0.2) is 0 Å². The van der Waals surface area contributed by atoms with Crippen LogP contribution >= 0.6 is 11.6 Å². The largest absolute Gasteiger partial charge is 0.296 e. The van der Waals surface area contributed by atoms with Crippen LogP contribution < -0.4 is 5.32 Å². The molecule has 2 atom stereocenters. The number of amides is 2. The van der Waals surface area contributed by atoms with Crippen LogP contribution in [-0.4, -0.2) is 11.8 Å². The number of piperidine rings is 1. The normalized spacial score (nSPS) is 30.2. The molecule has 1 aromatic carbocycles. The molecule has 1 aliphatic heterocycles. The fourth-order valence-corrected chi connectivity index (χ4v) is 3.84. The van der Waals surface area contributed by atoms with Crippen LogP contribution in [0.4, 0.5) is 0 Å². The first-order chi connectivity index (χ1) is 9.56. The van der Waals surface area contributed by atoms with Gasteiger partial charge in [0.2, 0.25) is 11.8 Å². The molecule has 2 unspecified atom stereocenters. The molecule has 2 amide bonds. The van der Waals surface area contributed by atoms with Crippen LogP contribution in [0, 0.1) is 11.3 Å². The second-order valence-corrected chi connectivity index (χ2v) is 6.37. The fourth-order valence-electron chi connectivity index (χ4n) is 3.71. The maximum atomic E-state index is 12.4. The van der Waals surface area contributed by atoms with Crippen LogP contribution in [0.3, 0.4) is 0 Å². The zero-order chi connectivity index (χ0) is 14.3. The number of benzene rings is 1. The van der Waals surface area contributed by atoms with Gasteiger partial charge in [-0.2, -0.15) is 0 Å². The van der Waals surface area contributed by atoms with Crippen molar-refractivity contribution in [3.63, 3.8) is 0 Å². The van der Waals surface area contributed by atoms with E-state index < -0.39 is 0 Å². The lowest BCUT2D eigenvalue weighted by Crippen LogP contribution is -2.51. The van der Waals surface area contributed by atoms with Gasteiger partial charge < -0.3 is 0 Å². The fraction of sp³-hybridized carbons (Fsp3) is 0.500. The van der Waals surface area contributed by atoms with Gasteiger partial charge in [0.05, 0.1) is 5.92 Å². The first-order valence-corrected chi connectivity index (χ1v) is 7.54. The molecule has 1 saturated carbocycles. The van der Waals surface area contributed by atoms with Crippen molar-refractivity contribution in [2.24, 2.45) is 11.3 Å². The molecule has 106 valence electrons. The smallest absolute Gasteiger partial charge is 0.234 e. The molecular weight excluding hydrogens is 274 g/mol. The van der Waals surface area contributed by atoms with E-state index in [0.29, 0.717) is 17.4 Å². The van der Waals surface area contributed by atoms with Gasteiger partial charge in [-0.05, 0) is 48.3 Å². The van der Waals surface area contributed by atoms with Crippen molar-refractivity contribution in [2.75, 3.05) is 0 Å². The minimum atomic E-state index is -0.241. The number of carbonyl (C=O) groups is 2. The molecule has 3 rings (SSSR count). The molecule has 0 radical (unpaired) electrons. The molecule has 0 spiro atoms. The van der Waals surface area contributed by atoms with Gasteiger partial charge in [0, 0.05) is 11.4 Å². The second-order valence-electron chi connectivity index (χ2n) is 5.93. The highest BCUT2D eigenvalue weighted by Crippen LogP contribution is 2.58. The minimum absolute atomic E-state index is 0.131.